The molecule has 0 radical (unpaired) electrons. The topological polar surface area (TPSA) is 101 Å². The van der Waals surface area contributed by atoms with Gasteiger partial charge in [0, 0.05) is 26.1 Å². The summed E-state index contributed by atoms with van der Waals surface area (Å²) in [5.41, 5.74) is -1.28. The number of carbonyl (C=O) groups is 2. The first-order chi connectivity index (χ1) is 9.03. The maximum atomic E-state index is 12.0. The van der Waals surface area contributed by atoms with Crippen LogP contribution in [0.15, 0.2) is 12.4 Å². The van der Waals surface area contributed by atoms with Crippen molar-refractivity contribution in [1.29, 1.82) is 0 Å². The number of nitrogens with one attached hydrogen (secondary N) is 1. The maximum absolute atomic E-state index is 12.0. The quantitative estimate of drug-likeness (QED) is 0.838. The van der Waals surface area contributed by atoms with Gasteiger partial charge in [-0.05, 0) is 0 Å². The summed E-state index contributed by atoms with van der Waals surface area (Å²) in [6.45, 7) is 0.581. The van der Waals surface area contributed by atoms with Gasteiger partial charge in [0.15, 0.2) is 0 Å². The number of halogens is 1. The Labute approximate surface area is 114 Å². The van der Waals surface area contributed by atoms with Crippen molar-refractivity contribution in [1.82, 2.24) is 15.3 Å². The molecular formula is C11H12ClN3O4. The van der Waals surface area contributed by atoms with E-state index >= 15 is 0 Å². The van der Waals surface area contributed by atoms with Crippen molar-refractivity contribution in [3.05, 3.63) is 23.2 Å². The van der Waals surface area contributed by atoms with E-state index < -0.39 is 17.4 Å². The van der Waals surface area contributed by atoms with Gasteiger partial charge in [0.25, 0.3) is 5.91 Å². The second kappa shape index (κ2) is 5.50. The first kappa shape index (κ1) is 13.7. The predicted molar refractivity (Wildman–Crippen MR) is 64.9 cm³/mol. The minimum atomic E-state index is -1.31. The first-order valence-corrected chi connectivity index (χ1v) is 6.02. The predicted octanol–water partition coefficient (Wildman–Crippen LogP) is 0.494. The number of hydrogen-bond acceptors (Lipinski definition) is 5. The highest BCUT2D eigenvalue weighted by atomic mass is 35.5. The van der Waals surface area contributed by atoms with E-state index in [2.05, 4.69) is 15.3 Å². The van der Waals surface area contributed by atoms with Crippen molar-refractivity contribution < 1.29 is 19.4 Å². The lowest BCUT2D eigenvalue weighted by atomic mass is 9.90. The number of carboxylic acids is 1. The lowest BCUT2D eigenvalue weighted by molar-refractivity contribution is -0.148. The summed E-state index contributed by atoms with van der Waals surface area (Å²) in [7, 11) is 0. The zero-order valence-electron chi connectivity index (χ0n) is 9.93. The number of nitrogens with zero attached hydrogens (tertiary/aromatic N) is 2. The normalized spacial score (nSPS) is 17.7. The van der Waals surface area contributed by atoms with E-state index in [0.717, 1.165) is 0 Å². The molecular weight excluding hydrogens is 274 g/mol. The van der Waals surface area contributed by atoms with Gasteiger partial charge < -0.3 is 15.2 Å². The monoisotopic (exact) mass is 285 g/mol. The molecule has 0 saturated carbocycles. The van der Waals surface area contributed by atoms with E-state index in [1.54, 1.807) is 0 Å². The molecule has 1 aliphatic rings. The molecule has 1 aliphatic heterocycles. The van der Waals surface area contributed by atoms with Crippen LogP contribution >= 0.6 is 11.6 Å². The molecule has 19 heavy (non-hydrogen) atoms. The number of aromatic nitrogens is 2. The fourth-order valence-electron chi connectivity index (χ4n) is 1.82. The molecule has 0 aromatic carbocycles. The summed E-state index contributed by atoms with van der Waals surface area (Å²) in [6, 6.07) is 0. The summed E-state index contributed by atoms with van der Waals surface area (Å²) in [5.74, 6) is -1.67. The molecule has 0 atom stereocenters. The Hall–Kier alpha value is -1.73. The van der Waals surface area contributed by atoms with Crippen molar-refractivity contribution in [3.63, 3.8) is 0 Å². The average molecular weight is 286 g/mol. The summed E-state index contributed by atoms with van der Waals surface area (Å²) in [5, 5.41) is 12.0. The Balaban J connectivity index is 2.15. The Morgan fingerprint density at radius 1 is 1.32 bits per heavy atom. The largest absolute Gasteiger partial charge is 0.480 e. The number of ether oxygens (including phenoxy) is 1. The van der Waals surface area contributed by atoms with E-state index in [0.29, 0.717) is 13.2 Å². The molecule has 8 heteroatoms. The van der Waals surface area contributed by atoms with Gasteiger partial charge in [0.05, 0.1) is 12.4 Å². The molecule has 1 saturated heterocycles. The third-order valence-corrected chi connectivity index (χ3v) is 3.16. The molecule has 1 aromatic heterocycles. The molecule has 0 bridgehead atoms. The lowest BCUT2D eigenvalue weighted by Crippen LogP contribution is -2.57. The Bertz CT molecular complexity index is 485. The van der Waals surface area contributed by atoms with Crippen molar-refractivity contribution in [3.8, 4) is 0 Å². The van der Waals surface area contributed by atoms with Crippen molar-refractivity contribution in [2.75, 3.05) is 13.2 Å². The zero-order valence-corrected chi connectivity index (χ0v) is 10.7. The number of amides is 1. The molecule has 0 unspecified atom stereocenters. The molecule has 102 valence electrons. The molecule has 2 heterocycles. The van der Waals surface area contributed by atoms with Crippen LogP contribution in [0.4, 0.5) is 0 Å². The van der Waals surface area contributed by atoms with Gasteiger partial charge in [-0.3, -0.25) is 4.79 Å². The van der Waals surface area contributed by atoms with Crippen LogP contribution in [0.5, 0.6) is 0 Å². The van der Waals surface area contributed by atoms with Gasteiger partial charge in [-0.15, -0.1) is 0 Å². The van der Waals surface area contributed by atoms with E-state index in [-0.39, 0.29) is 23.7 Å². The van der Waals surface area contributed by atoms with Gasteiger partial charge in [0.2, 0.25) is 0 Å². The van der Waals surface area contributed by atoms with Crippen LogP contribution in [0.3, 0.4) is 0 Å². The van der Waals surface area contributed by atoms with Crippen LogP contribution in [0.25, 0.3) is 0 Å². The molecule has 0 spiro atoms. The van der Waals surface area contributed by atoms with Crippen molar-refractivity contribution in [2.45, 2.75) is 18.4 Å². The molecule has 0 aliphatic carbocycles. The van der Waals surface area contributed by atoms with E-state index in [1.165, 1.54) is 12.4 Å². The number of hydrogen-bond donors (Lipinski definition) is 2. The van der Waals surface area contributed by atoms with Crippen LogP contribution in [-0.4, -0.2) is 45.7 Å². The minimum Gasteiger partial charge on any atom is -0.480 e. The number of carboxylic acid groups (broad SMARTS) is 1. The van der Waals surface area contributed by atoms with Crippen molar-refractivity contribution in [2.24, 2.45) is 0 Å². The van der Waals surface area contributed by atoms with Crippen LogP contribution in [0, 0.1) is 0 Å². The van der Waals surface area contributed by atoms with E-state index in [1.807, 2.05) is 0 Å². The van der Waals surface area contributed by atoms with Crippen LogP contribution in [0.1, 0.15) is 23.3 Å². The minimum absolute atomic E-state index is 0.0246. The number of aliphatic carboxylic acids is 1. The summed E-state index contributed by atoms with van der Waals surface area (Å²) < 4.78 is 5.12. The van der Waals surface area contributed by atoms with Crippen LogP contribution in [0.2, 0.25) is 5.15 Å². The highest BCUT2D eigenvalue weighted by Crippen LogP contribution is 2.21. The summed E-state index contributed by atoms with van der Waals surface area (Å²) in [4.78, 5) is 30.9. The maximum Gasteiger partial charge on any atom is 0.329 e. The smallest absolute Gasteiger partial charge is 0.329 e. The van der Waals surface area contributed by atoms with E-state index in [4.69, 9.17) is 16.3 Å². The van der Waals surface area contributed by atoms with Crippen LogP contribution < -0.4 is 5.32 Å². The third kappa shape index (κ3) is 2.99. The standard InChI is InChI=1S/C11H12ClN3O4/c12-8-6-13-7(5-14-8)9(16)15-11(10(17)18)1-3-19-4-2-11/h5-6H,1-4H2,(H,15,16)(H,17,18). The Kier molecular flexibility index (Phi) is 3.96. The van der Waals surface area contributed by atoms with E-state index in [9.17, 15) is 14.7 Å². The number of carbonyl (C=O) groups excluding carboxylic acids is 1. The number of rotatable bonds is 3. The zero-order chi connectivity index (χ0) is 13.9. The van der Waals surface area contributed by atoms with Gasteiger partial charge in [-0.1, -0.05) is 11.6 Å². The SMILES string of the molecule is O=C(NC1(C(=O)O)CCOCC1)c1cnc(Cl)cn1. The third-order valence-electron chi connectivity index (χ3n) is 2.96. The van der Waals surface area contributed by atoms with Gasteiger partial charge >= 0.3 is 5.97 Å². The molecule has 2 N–H and O–H groups in total. The first-order valence-electron chi connectivity index (χ1n) is 5.65. The lowest BCUT2D eigenvalue weighted by Gasteiger charge is -2.33. The second-order valence-electron chi connectivity index (χ2n) is 4.18. The molecule has 1 fully saturated rings. The van der Waals surface area contributed by atoms with Gasteiger partial charge in [-0.2, -0.15) is 0 Å². The fraction of sp³-hybridized carbons (Fsp3) is 0.455. The molecule has 2 rings (SSSR count). The fourth-order valence-corrected chi connectivity index (χ4v) is 1.92. The van der Waals surface area contributed by atoms with Crippen LogP contribution in [-0.2, 0) is 9.53 Å². The Morgan fingerprint density at radius 3 is 2.53 bits per heavy atom. The summed E-state index contributed by atoms with van der Waals surface area (Å²) in [6.07, 6.45) is 2.87. The van der Waals surface area contributed by atoms with Gasteiger partial charge in [0.1, 0.15) is 16.4 Å². The summed E-state index contributed by atoms with van der Waals surface area (Å²) >= 11 is 5.57. The van der Waals surface area contributed by atoms with Crippen molar-refractivity contribution >= 4 is 23.5 Å². The Morgan fingerprint density at radius 2 is 2.00 bits per heavy atom. The molecule has 1 aromatic rings. The highest BCUT2D eigenvalue weighted by Gasteiger charge is 2.41. The average Bonchev–Trinajstić information content (AvgIpc) is 2.40. The highest BCUT2D eigenvalue weighted by molar-refractivity contribution is 6.29. The molecule has 7 nitrogen and oxygen atoms in total. The van der Waals surface area contributed by atoms with Gasteiger partial charge in [-0.25, -0.2) is 14.8 Å². The second-order valence-corrected chi connectivity index (χ2v) is 4.57. The molecule has 1 amide bonds.